The van der Waals surface area contributed by atoms with Crippen molar-refractivity contribution in [2.75, 3.05) is 18.5 Å². The summed E-state index contributed by atoms with van der Waals surface area (Å²) >= 11 is 5.25. The van der Waals surface area contributed by atoms with E-state index in [1.807, 2.05) is 24.3 Å². The second-order valence-electron chi connectivity index (χ2n) is 7.57. The van der Waals surface area contributed by atoms with Crippen molar-refractivity contribution in [3.63, 3.8) is 0 Å². The van der Waals surface area contributed by atoms with Gasteiger partial charge >= 0.3 is 0 Å². The van der Waals surface area contributed by atoms with Gasteiger partial charge < -0.3 is 14.8 Å². The maximum Gasteiger partial charge on any atom is 0.257 e. The minimum atomic E-state index is -0.269. The summed E-state index contributed by atoms with van der Waals surface area (Å²) in [5.41, 5.74) is 1.30. The summed E-state index contributed by atoms with van der Waals surface area (Å²) in [5, 5.41) is 5.95. The number of thiocarbonyl (C=S) groups is 1. The smallest absolute Gasteiger partial charge is 0.257 e. The van der Waals surface area contributed by atoms with E-state index in [9.17, 15) is 4.79 Å². The summed E-state index contributed by atoms with van der Waals surface area (Å²) in [6.45, 7) is 7.74. The quantitative estimate of drug-likeness (QED) is 0.349. The molecule has 2 rings (SSSR count). The highest BCUT2D eigenvalue weighted by Gasteiger charge is 2.09. The molecule has 0 saturated heterocycles. The predicted molar refractivity (Wildman–Crippen MR) is 127 cm³/mol. The van der Waals surface area contributed by atoms with Gasteiger partial charge in [0.1, 0.15) is 11.5 Å². The molecular weight excluding hydrogens is 396 g/mol. The Morgan fingerprint density at radius 2 is 1.57 bits per heavy atom. The van der Waals surface area contributed by atoms with Crippen LogP contribution in [0, 0.1) is 5.92 Å². The molecule has 0 fully saturated rings. The lowest BCUT2D eigenvalue weighted by molar-refractivity contribution is 0.0977. The molecule has 1 amide bonds. The Balaban J connectivity index is 1.77. The number of hydrogen-bond acceptors (Lipinski definition) is 4. The van der Waals surface area contributed by atoms with Gasteiger partial charge in [-0.3, -0.25) is 10.1 Å². The van der Waals surface area contributed by atoms with Crippen molar-refractivity contribution in [3.05, 3.63) is 54.1 Å². The zero-order valence-electron chi connectivity index (χ0n) is 18.1. The van der Waals surface area contributed by atoms with E-state index >= 15 is 0 Å². The standard InChI is InChI=1S/C24H32N2O3S/c1-4-5-6-7-16-28-21-14-10-20(11-15-21)25-24(30)26-23(27)19-8-12-22(13-9-19)29-17-18(2)3/h8-15,18H,4-7,16-17H2,1-3H3,(H2,25,26,27,30). The number of carbonyl (C=O) groups is 1. The fraction of sp³-hybridized carbons (Fsp3) is 0.417. The Morgan fingerprint density at radius 3 is 2.20 bits per heavy atom. The van der Waals surface area contributed by atoms with E-state index in [0.29, 0.717) is 18.1 Å². The van der Waals surface area contributed by atoms with Crippen LogP contribution in [0.1, 0.15) is 56.8 Å². The zero-order chi connectivity index (χ0) is 21.8. The van der Waals surface area contributed by atoms with E-state index in [4.69, 9.17) is 21.7 Å². The molecule has 162 valence electrons. The van der Waals surface area contributed by atoms with E-state index in [1.54, 1.807) is 24.3 Å². The molecule has 0 bridgehead atoms. The van der Waals surface area contributed by atoms with Gasteiger partial charge in [-0.1, -0.05) is 40.0 Å². The van der Waals surface area contributed by atoms with Gasteiger partial charge in [0.25, 0.3) is 5.91 Å². The molecule has 2 aromatic carbocycles. The number of unbranched alkanes of at least 4 members (excludes halogenated alkanes) is 3. The van der Waals surface area contributed by atoms with Crippen LogP contribution in [-0.4, -0.2) is 24.2 Å². The van der Waals surface area contributed by atoms with Crippen LogP contribution in [0.5, 0.6) is 11.5 Å². The summed E-state index contributed by atoms with van der Waals surface area (Å²) in [4.78, 5) is 12.4. The molecule has 0 unspecified atom stereocenters. The fourth-order valence-electron chi connectivity index (χ4n) is 2.66. The van der Waals surface area contributed by atoms with Crippen molar-refractivity contribution in [1.82, 2.24) is 5.32 Å². The molecule has 0 aromatic heterocycles. The third-order valence-corrected chi connectivity index (χ3v) is 4.51. The maximum atomic E-state index is 12.4. The van der Waals surface area contributed by atoms with Crippen molar-refractivity contribution < 1.29 is 14.3 Å². The van der Waals surface area contributed by atoms with E-state index in [2.05, 4.69) is 31.4 Å². The first-order valence-corrected chi connectivity index (χ1v) is 11.0. The molecule has 0 saturated carbocycles. The number of rotatable bonds is 11. The Bertz CT molecular complexity index is 789. The Labute approximate surface area is 185 Å². The largest absolute Gasteiger partial charge is 0.494 e. The molecular formula is C24H32N2O3S. The monoisotopic (exact) mass is 428 g/mol. The maximum absolute atomic E-state index is 12.4. The third kappa shape index (κ3) is 8.82. The van der Waals surface area contributed by atoms with Crippen LogP contribution in [0.2, 0.25) is 0 Å². The summed E-state index contributed by atoms with van der Waals surface area (Å²) in [7, 11) is 0. The Morgan fingerprint density at radius 1 is 0.933 bits per heavy atom. The number of hydrogen-bond donors (Lipinski definition) is 2. The Kier molecular flexibility index (Phi) is 10.1. The number of ether oxygens (including phenoxy) is 2. The molecule has 0 aliphatic heterocycles. The van der Waals surface area contributed by atoms with Gasteiger partial charge in [0.15, 0.2) is 5.11 Å². The molecule has 0 aliphatic carbocycles. The minimum absolute atomic E-state index is 0.244. The molecule has 0 aliphatic rings. The van der Waals surface area contributed by atoms with Crippen molar-refractivity contribution in [2.24, 2.45) is 5.92 Å². The van der Waals surface area contributed by atoms with Gasteiger partial charge in [-0.25, -0.2) is 0 Å². The van der Waals surface area contributed by atoms with Crippen molar-refractivity contribution >= 4 is 28.9 Å². The molecule has 2 N–H and O–H groups in total. The summed E-state index contributed by atoms with van der Waals surface area (Å²) in [5.74, 6) is 1.75. The van der Waals surface area contributed by atoms with Crippen LogP contribution in [0.25, 0.3) is 0 Å². The van der Waals surface area contributed by atoms with Crippen molar-refractivity contribution in [3.8, 4) is 11.5 Å². The Hall–Kier alpha value is -2.60. The molecule has 0 radical (unpaired) electrons. The lowest BCUT2D eigenvalue weighted by atomic mass is 10.2. The second kappa shape index (κ2) is 12.9. The van der Waals surface area contributed by atoms with Gasteiger partial charge in [0.2, 0.25) is 0 Å². The minimum Gasteiger partial charge on any atom is -0.494 e. The van der Waals surface area contributed by atoms with Crippen molar-refractivity contribution in [1.29, 1.82) is 0 Å². The van der Waals surface area contributed by atoms with Crippen LogP contribution in [0.3, 0.4) is 0 Å². The summed E-state index contributed by atoms with van der Waals surface area (Å²) in [6.07, 6.45) is 4.72. The lowest BCUT2D eigenvalue weighted by Crippen LogP contribution is -2.34. The highest BCUT2D eigenvalue weighted by molar-refractivity contribution is 7.80. The lowest BCUT2D eigenvalue weighted by Gasteiger charge is -2.12. The predicted octanol–water partition coefficient (Wildman–Crippen LogP) is 5.81. The van der Waals surface area contributed by atoms with Gasteiger partial charge in [-0.05, 0) is 73.1 Å². The van der Waals surface area contributed by atoms with Crippen LogP contribution >= 0.6 is 12.2 Å². The van der Waals surface area contributed by atoms with Crippen LogP contribution in [0.4, 0.5) is 5.69 Å². The number of nitrogens with one attached hydrogen (secondary N) is 2. The molecule has 0 atom stereocenters. The van der Waals surface area contributed by atoms with E-state index in [0.717, 1.165) is 30.2 Å². The van der Waals surface area contributed by atoms with Crippen LogP contribution in [0.15, 0.2) is 48.5 Å². The molecule has 0 heterocycles. The van der Waals surface area contributed by atoms with Gasteiger partial charge in [-0.2, -0.15) is 0 Å². The number of carbonyl (C=O) groups excluding carboxylic acids is 1. The summed E-state index contributed by atoms with van der Waals surface area (Å²) < 4.78 is 11.4. The first-order chi connectivity index (χ1) is 14.5. The molecule has 2 aromatic rings. The SMILES string of the molecule is CCCCCCOc1ccc(NC(=S)NC(=O)c2ccc(OCC(C)C)cc2)cc1. The average Bonchev–Trinajstić information content (AvgIpc) is 2.73. The number of benzene rings is 2. The summed E-state index contributed by atoms with van der Waals surface area (Å²) in [6, 6.07) is 14.6. The fourth-order valence-corrected chi connectivity index (χ4v) is 2.87. The number of amides is 1. The van der Waals surface area contributed by atoms with Gasteiger partial charge in [0, 0.05) is 11.3 Å². The first kappa shape index (κ1) is 23.7. The van der Waals surface area contributed by atoms with Gasteiger partial charge in [0.05, 0.1) is 13.2 Å². The number of anilines is 1. The third-order valence-electron chi connectivity index (χ3n) is 4.31. The topological polar surface area (TPSA) is 59.6 Å². The first-order valence-electron chi connectivity index (χ1n) is 10.6. The zero-order valence-corrected chi connectivity index (χ0v) is 18.9. The average molecular weight is 429 g/mol. The molecule has 30 heavy (non-hydrogen) atoms. The normalized spacial score (nSPS) is 10.5. The molecule has 0 spiro atoms. The molecule has 5 nitrogen and oxygen atoms in total. The van der Waals surface area contributed by atoms with E-state index in [1.165, 1.54) is 19.3 Å². The molecule has 6 heteroatoms. The highest BCUT2D eigenvalue weighted by atomic mass is 32.1. The van der Waals surface area contributed by atoms with Gasteiger partial charge in [-0.15, -0.1) is 0 Å². The highest BCUT2D eigenvalue weighted by Crippen LogP contribution is 2.17. The van der Waals surface area contributed by atoms with Crippen molar-refractivity contribution in [2.45, 2.75) is 46.5 Å². The van der Waals surface area contributed by atoms with E-state index < -0.39 is 0 Å². The van der Waals surface area contributed by atoms with E-state index in [-0.39, 0.29) is 11.0 Å². The van der Waals surface area contributed by atoms with Crippen LogP contribution < -0.4 is 20.1 Å². The van der Waals surface area contributed by atoms with Crippen LogP contribution in [-0.2, 0) is 0 Å². The second-order valence-corrected chi connectivity index (χ2v) is 7.98.